The number of benzene rings is 2. The van der Waals surface area contributed by atoms with Gasteiger partial charge < -0.3 is 14.8 Å². The first-order valence-electron chi connectivity index (χ1n) is 8.16. The second-order valence-electron chi connectivity index (χ2n) is 6.24. The summed E-state index contributed by atoms with van der Waals surface area (Å²) in [5, 5.41) is 2.88. The summed E-state index contributed by atoms with van der Waals surface area (Å²) >= 11 is 0. The van der Waals surface area contributed by atoms with Gasteiger partial charge in [0.1, 0.15) is 11.5 Å². The van der Waals surface area contributed by atoms with Crippen molar-refractivity contribution in [3.63, 3.8) is 0 Å². The fourth-order valence-electron chi connectivity index (χ4n) is 2.42. The van der Waals surface area contributed by atoms with E-state index in [0.29, 0.717) is 17.2 Å². The van der Waals surface area contributed by atoms with Crippen LogP contribution in [-0.4, -0.2) is 18.1 Å². The van der Waals surface area contributed by atoms with Crippen LogP contribution >= 0.6 is 0 Å². The first-order valence-corrected chi connectivity index (χ1v) is 8.16. The maximum absolute atomic E-state index is 12.4. The van der Waals surface area contributed by atoms with Gasteiger partial charge in [0.05, 0.1) is 11.8 Å². The van der Waals surface area contributed by atoms with Gasteiger partial charge in [-0.2, -0.15) is 0 Å². The van der Waals surface area contributed by atoms with Crippen LogP contribution in [0.5, 0.6) is 11.5 Å². The number of rotatable bonds is 6. The first kappa shape index (κ1) is 17.9. The van der Waals surface area contributed by atoms with Gasteiger partial charge in [0.25, 0.3) is 5.91 Å². The summed E-state index contributed by atoms with van der Waals surface area (Å²) in [6.07, 6.45) is -0.578. The normalized spacial score (nSPS) is 11.9. The highest BCUT2D eigenvalue weighted by molar-refractivity contribution is 5.95. The third-order valence-corrected chi connectivity index (χ3v) is 3.38. The molecular formula is C20H25NO3. The molecule has 0 aliphatic carbocycles. The lowest BCUT2D eigenvalue weighted by molar-refractivity contribution is -0.122. The summed E-state index contributed by atoms with van der Waals surface area (Å²) in [6.45, 7) is 9.64. The van der Waals surface area contributed by atoms with Crippen molar-refractivity contribution in [3.05, 3.63) is 53.6 Å². The Bertz CT molecular complexity index is 690. The predicted octanol–water partition coefficient (Wildman–Crippen LogP) is 4.50. The van der Waals surface area contributed by atoms with Gasteiger partial charge >= 0.3 is 0 Å². The average molecular weight is 327 g/mol. The van der Waals surface area contributed by atoms with Crippen LogP contribution in [0.3, 0.4) is 0 Å². The number of carbonyl (C=O) groups excluding carboxylic acids is 1. The molecule has 0 saturated heterocycles. The zero-order valence-corrected chi connectivity index (χ0v) is 14.9. The lowest BCUT2D eigenvalue weighted by atomic mass is 10.1. The number of nitrogens with one attached hydrogen (secondary N) is 1. The molecule has 0 spiro atoms. The highest BCUT2D eigenvalue weighted by Crippen LogP contribution is 2.25. The van der Waals surface area contributed by atoms with Crippen LogP contribution < -0.4 is 14.8 Å². The highest BCUT2D eigenvalue weighted by Gasteiger charge is 2.17. The topological polar surface area (TPSA) is 47.6 Å². The highest BCUT2D eigenvalue weighted by atomic mass is 16.5. The Morgan fingerprint density at radius 3 is 2.21 bits per heavy atom. The summed E-state index contributed by atoms with van der Waals surface area (Å²) in [4.78, 5) is 12.4. The molecular weight excluding hydrogens is 302 g/mol. The van der Waals surface area contributed by atoms with Gasteiger partial charge in [-0.15, -0.1) is 0 Å². The Balaban J connectivity index is 2.06. The SMILES string of the molecule is Cc1cc(C)cc(OC(C)C(=O)Nc2ccccc2OC(C)C)c1. The van der Waals surface area contributed by atoms with Crippen molar-refractivity contribution in [2.24, 2.45) is 0 Å². The minimum absolute atomic E-state index is 0.0343. The smallest absolute Gasteiger partial charge is 0.265 e. The number of aryl methyl sites for hydroxylation is 2. The molecule has 2 aromatic rings. The van der Waals surface area contributed by atoms with Crippen LogP contribution in [0.4, 0.5) is 5.69 Å². The Kier molecular flexibility index (Phi) is 5.85. The lowest BCUT2D eigenvalue weighted by Gasteiger charge is -2.18. The zero-order valence-electron chi connectivity index (χ0n) is 14.9. The van der Waals surface area contributed by atoms with Crippen LogP contribution in [0.15, 0.2) is 42.5 Å². The van der Waals surface area contributed by atoms with Gasteiger partial charge in [-0.25, -0.2) is 0 Å². The first-order chi connectivity index (χ1) is 11.3. The number of carbonyl (C=O) groups is 1. The van der Waals surface area contributed by atoms with E-state index in [2.05, 4.69) is 11.4 Å². The maximum atomic E-state index is 12.4. The van der Waals surface area contributed by atoms with Crippen molar-refractivity contribution in [1.82, 2.24) is 0 Å². The standard InChI is InChI=1S/C20H25NO3/c1-13(2)23-19-9-7-6-8-18(19)21-20(22)16(5)24-17-11-14(3)10-15(4)12-17/h6-13,16H,1-5H3,(H,21,22). The van der Waals surface area contributed by atoms with Crippen molar-refractivity contribution in [1.29, 1.82) is 0 Å². The summed E-state index contributed by atoms with van der Waals surface area (Å²) in [7, 11) is 0. The molecule has 1 N–H and O–H groups in total. The summed E-state index contributed by atoms with van der Waals surface area (Å²) in [5.41, 5.74) is 2.86. The molecule has 0 aromatic heterocycles. The van der Waals surface area contributed by atoms with Crippen molar-refractivity contribution < 1.29 is 14.3 Å². The van der Waals surface area contributed by atoms with Gasteiger partial charge in [0, 0.05) is 0 Å². The van der Waals surface area contributed by atoms with Crippen LogP contribution in [0.2, 0.25) is 0 Å². The van der Waals surface area contributed by atoms with Gasteiger partial charge in [0.2, 0.25) is 0 Å². The maximum Gasteiger partial charge on any atom is 0.265 e. The molecule has 128 valence electrons. The molecule has 0 aliphatic heterocycles. The second kappa shape index (κ2) is 7.86. The van der Waals surface area contributed by atoms with E-state index >= 15 is 0 Å². The molecule has 0 heterocycles. The van der Waals surface area contributed by atoms with Crippen molar-refractivity contribution in [2.75, 3.05) is 5.32 Å². The molecule has 24 heavy (non-hydrogen) atoms. The molecule has 1 atom stereocenters. The monoisotopic (exact) mass is 327 g/mol. The van der Waals surface area contributed by atoms with E-state index in [-0.39, 0.29) is 12.0 Å². The number of anilines is 1. The van der Waals surface area contributed by atoms with E-state index < -0.39 is 6.10 Å². The van der Waals surface area contributed by atoms with E-state index in [4.69, 9.17) is 9.47 Å². The predicted molar refractivity (Wildman–Crippen MR) is 96.8 cm³/mol. The number of hydrogen-bond acceptors (Lipinski definition) is 3. The molecule has 2 aromatic carbocycles. The number of para-hydroxylation sites is 2. The van der Waals surface area contributed by atoms with E-state index in [1.54, 1.807) is 6.92 Å². The van der Waals surface area contributed by atoms with E-state index in [1.165, 1.54) is 0 Å². The molecule has 0 bridgehead atoms. The van der Waals surface area contributed by atoms with Gasteiger partial charge in [-0.1, -0.05) is 18.2 Å². The third kappa shape index (κ3) is 5.01. The fourth-order valence-corrected chi connectivity index (χ4v) is 2.42. The fraction of sp³-hybridized carbons (Fsp3) is 0.350. The molecule has 0 radical (unpaired) electrons. The minimum atomic E-state index is -0.613. The number of ether oxygens (including phenoxy) is 2. The van der Waals surface area contributed by atoms with Crippen molar-refractivity contribution >= 4 is 11.6 Å². The van der Waals surface area contributed by atoms with Gasteiger partial charge in [0.15, 0.2) is 6.10 Å². The van der Waals surface area contributed by atoms with Crippen LogP contribution in [0, 0.1) is 13.8 Å². The summed E-state index contributed by atoms with van der Waals surface area (Å²) in [6, 6.07) is 13.3. The Morgan fingerprint density at radius 2 is 1.58 bits per heavy atom. The molecule has 4 nitrogen and oxygen atoms in total. The largest absolute Gasteiger partial charge is 0.489 e. The van der Waals surface area contributed by atoms with Gasteiger partial charge in [-0.05, 0) is 70.0 Å². The molecule has 0 saturated carbocycles. The van der Waals surface area contributed by atoms with E-state index in [9.17, 15) is 4.79 Å². The second-order valence-corrected chi connectivity index (χ2v) is 6.24. The third-order valence-electron chi connectivity index (χ3n) is 3.38. The molecule has 2 rings (SSSR count). The van der Waals surface area contributed by atoms with Crippen LogP contribution in [0.1, 0.15) is 31.9 Å². The average Bonchev–Trinajstić information content (AvgIpc) is 2.47. The lowest BCUT2D eigenvalue weighted by Crippen LogP contribution is -2.30. The van der Waals surface area contributed by atoms with Crippen LogP contribution in [0.25, 0.3) is 0 Å². The molecule has 1 amide bonds. The quantitative estimate of drug-likeness (QED) is 0.850. The number of hydrogen-bond donors (Lipinski definition) is 1. The molecule has 4 heteroatoms. The number of amides is 1. The molecule has 0 fully saturated rings. The van der Waals surface area contributed by atoms with Crippen LogP contribution in [-0.2, 0) is 4.79 Å². The molecule has 0 aliphatic rings. The zero-order chi connectivity index (χ0) is 17.7. The minimum Gasteiger partial charge on any atom is -0.489 e. The van der Waals surface area contributed by atoms with Crippen molar-refractivity contribution in [2.45, 2.75) is 46.8 Å². The summed E-state index contributed by atoms with van der Waals surface area (Å²) < 4.78 is 11.5. The molecule has 1 unspecified atom stereocenters. The van der Waals surface area contributed by atoms with E-state index in [1.807, 2.05) is 64.1 Å². The Hall–Kier alpha value is -2.49. The summed E-state index contributed by atoms with van der Waals surface area (Å²) in [5.74, 6) is 1.13. The Labute approximate surface area is 143 Å². The van der Waals surface area contributed by atoms with E-state index in [0.717, 1.165) is 11.1 Å². The Morgan fingerprint density at radius 1 is 0.958 bits per heavy atom. The van der Waals surface area contributed by atoms with Crippen molar-refractivity contribution in [3.8, 4) is 11.5 Å². The van der Waals surface area contributed by atoms with Gasteiger partial charge in [-0.3, -0.25) is 4.79 Å².